The SMILES string of the molecule is NS(=O)(=O)c1ccc(CCNC(=O)[C@@H]2CCCN(c3nc4ccc(Cl)cc4s3)C2)cc1. The van der Waals surface area contributed by atoms with Gasteiger partial charge in [-0.1, -0.05) is 35.1 Å². The zero-order valence-corrected chi connectivity index (χ0v) is 19.1. The van der Waals surface area contributed by atoms with Crippen LogP contribution in [0.3, 0.4) is 0 Å². The van der Waals surface area contributed by atoms with Gasteiger partial charge in [-0.2, -0.15) is 0 Å². The minimum absolute atomic E-state index is 0.0370. The van der Waals surface area contributed by atoms with E-state index < -0.39 is 10.0 Å². The highest BCUT2D eigenvalue weighted by Gasteiger charge is 2.27. The van der Waals surface area contributed by atoms with E-state index in [1.807, 2.05) is 18.2 Å². The number of nitrogens with one attached hydrogen (secondary N) is 1. The van der Waals surface area contributed by atoms with Crippen LogP contribution in [0.1, 0.15) is 18.4 Å². The van der Waals surface area contributed by atoms with E-state index in [2.05, 4.69) is 10.2 Å². The molecular formula is C21H23ClN4O3S2. The fourth-order valence-electron chi connectivity index (χ4n) is 3.71. The van der Waals surface area contributed by atoms with Crippen LogP contribution in [-0.2, 0) is 21.2 Å². The maximum absolute atomic E-state index is 12.7. The fourth-order valence-corrected chi connectivity index (χ4v) is 5.50. The molecule has 1 aliphatic heterocycles. The molecule has 3 N–H and O–H groups in total. The van der Waals surface area contributed by atoms with Crippen LogP contribution in [0.4, 0.5) is 5.13 Å². The second kappa shape index (κ2) is 9.12. The molecule has 2 aromatic carbocycles. The van der Waals surface area contributed by atoms with Gasteiger partial charge in [0.05, 0.1) is 21.0 Å². The zero-order valence-electron chi connectivity index (χ0n) is 16.8. The van der Waals surface area contributed by atoms with E-state index in [9.17, 15) is 13.2 Å². The number of nitrogens with two attached hydrogens (primary N) is 1. The summed E-state index contributed by atoms with van der Waals surface area (Å²) in [5, 5.41) is 9.73. The molecule has 1 aliphatic rings. The van der Waals surface area contributed by atoms with Gasteiger partial charge in [0.25, 0.3) is 0 Å². The highest BCUT2D eigenvalue weighted by atomic mass is 35.5. The number of sulfonamides is 1. The Morgan fingerprint density at radius 1 is 1.26 bits per heavy atom. The summed E-state index contributed by atoms with van der Waals surface area (Å²) in [4.78, 5) is 19.7. The summed E-state index contributed by atoms with van der Waals surface area (Å²) < 4.78 is 23.7. The molecule has 1 fully saturated rings. The average Bonchev–Trinajstić information content (AvgIpc) is 3.17. The lowest BCUT2D eigenvalue weighted by atomic mass is 9.97. The van der Waals surface area contributed by atoms with Crippen molar-refractivity contribution < 1.29 is 13.2 Å². The molecule has 0 unspecified atom stereocenters. The van der Waals surface area contributed by atoms with Gasteiger partial charge in [-0.3, -0.25) is 4.79 Å². The van der Waals surface area contributed by atoms with Crippen molar-refractivity contribution in [1.82, 2.24) is 10.3 Å². The van der Waals surface area contributed by atoms with Crippen molar-refractivity contribution in [2.75, 3.05) is 24.5 Å². The topological polar surface area (TPSA) is 105 Å². The molecule has 0 spiro atoms. The maximum Gasteiger partial charge on any atom is 0.238 e. The van der Waals surface area contributed by atoms with Crippen LogP contribution in [0.5, 0.6) is 0 Å². The number of rotatable bonds is 6. The molecular weight excluding hydrogens is 456 g/mol. The van der Waals surface area contributed by atoms with E-state index in [0.717, 1.165) is 40.3 Å². The number of primary sulfonamides is 1. The second-order valence-corrected chi connectivity index (χ2v) is 10.6. The van der Waals surface area contributed by atoms with Crippen molar-refractivity contribution in [1.29, 1.82) is 0 Å². The Hall–Kier alpha value is -2.20. The number of nitrogens with zero attached hydrogens (tertiary/aromatic N) is 2. The van der Waals surface area contributed by atoms with Gasteiger partial charge in [-0.05, 0) is 55.2 Å². The largest absolute Gasteiger partial charge is 0.355 e. The van der Waals surface area contributed by atoms with E-state index in [4.69, 9.17) is 21.7 Å². The molecule has 31 heavy (non-hydrogen) atoms. The number of piperidine rings is 1. The molecule has 0 saturated carbocycles. The third kappa shape index (κ3) is 5.35. The average molecular weight is 479 g/mol. The van der Waals surface area contributed by atoms with Crippen molar-refractivity contribution in [3.8, 4) is 0 Å². The van der Waals surface area contributed by atoms with Crippen LogP contribution in [-0.4, -0.2) is 38.9 Å². The Morgan fingerprint density at radius 3 is 2.77 bits per heavy atom. The summed E-state index contributed by atoms with van der Waals surface area (Å²) >= 11 is 7.68. The van der Waals surface area contributed by atoms with Crippen molar-refractivity contribution in [3.05, 3.63) is 53.1 Å². The van der Waals surface area contributed by atoms with Crippen LogP contribution < -0.4 is 15.4 Å². The minimum atomic E-state index is -3.69. The van der Waals surface area contributed by atoms with E-state index in [1.54, 1.807) is 23.5 Å². The van der Waals surface area contributed by atoms with E-state index >= 15 is 0 Å². The van der Waals surface area contributed by atoms with Crippen molar-refractivity contribution in [2.24, 2.45) is 11.1 Å². The first-order valence-electron chi connectivity index (χ1n) is 10.00. The molecule has 1 saturated heterocycles. The smallest absolute Gasteiger partial charge is 0.238 e. The lowest BCUT2D eigenvalue weighted by Crippen LogP contribution is -2.43. The monoisotopic (exact) mass is 478 g/mol. The molecule has 4 rings (SSSR count). The minimum Gasteiger partial charge on any atom is -0.355 e. The quantitative estimate of drug-likeness (QED) is 0.566. The molecule has 0 bridgehead atoms. The lowest BCUT2D eigenvalue weighted by molar-refractivity contribution is -0.125. The van der Waals surface area contributed by atoms with Crippen molar-refractivity contribution in [3.63, 3.8) is 0 Å². The number of aromatic nitrogens is 1. The number of anilines is 1. The lowest BCUT2D eigenvalue weighted by Gasteiger charge is -2.31. The normalized spacial score (nSPS) is 17.1. The molecule has 0 aliphatic carbocycles. The van der Waals surface area contributed by atoms with Gasteiger partial charge in [-0.25, -0.2) is 18.5 Å². The zero-order chi connectivity index (χ0) is 22.0. The molecule has 1 atom stereocenters. The van der Waals surface area contributed by atoms with E-state index in [-0.39, 0.29) is 16.7 Å². The summed E-state index contributed by atoms with van der Waals surface area (Å²) in [6, 6.07) is 12.1. The van der Waals surface area contributed by atoms with Crippen LogP contribution in [0.25, 0.3) is 10.2 Å². The summed E-state index contributed by atoms with van der Waals surface area (Å²) in [7, 11) is -3.69. The van der Waals surface area contributed by atoms with Crippen LogP contribution >= 0.6 is 22.9 Å². The number of amides is 1. The first-order chi connectivity index (χ1) is 14.8. The molecule has 1 amide bonds. The van der Waals surface area contributed by atoms with Crippen LogP contribution in [0, 0.1) is 5.92 Å². The number of carbonyl (C=O) groups is 1. The predicted octanol–water partition coefficient (Wildman–Crippen LogP) is 3.17. The van der Waals surface area contributed by atoms with Crippen LogP contribution in [0.15, 0.2) is 47.4 Å². The first-order valence-corrected chi connectivity index (χ1v) is 12.7. The molecule has 7 nitrogen and oxygen atoms in total. The van der Waals surface area contributed by atoms with Gasteiger partial charge in [0.15, 0.2) is 5.13 Å². The van der Waals surface area contributed by atoms with E-state index in [0.29, 0.717) is 24.5 Å². The number of carbonyl (C=O) groups excluding carboxylic acids is 1. The first kappa shape index (κ1) is 22.0. The highest BCUT2D eigenvalue weighted by Crippen LogP contribution is 2.33. The number of halogens is 1. The van der Waals surface area contributed by atoms with Gasteiger partial charge < -0.3 is 10.2 Å². The maximum atomic E-state index is 12.7. The van der Waals surface area contributed by atoms with Gasteiger partial charge >= 0.3 is 0 Å². The number of benzene rings is 2. The Morgan fingerprint density at radius 2 is 2.03 bits per heavy atom. The summed E-state index contributed by atoms with van der Waals surface area (Å²) in [5.41, 5.74) is 1.86. The molecule has 10 heteroatoms. The molecule has 0 radical (unpaired) electrons. The Bertz CT molecular complexity index is 1200. The number of thiazole rings is 1. The van der Waals surface area contributed by atoms with Crippen molar-refractivity contribution in [2.45, 2.75) is 24.2 Å². The van der Waals surface area contributed by atoms with Gasteiger partial charge in [0.1, 0.15) is 0 Å². The Kier molecular flexibility index (Phi) is 6.47. The van der Waals surface area contributed by atoms with Gasteiger partial charge in [0.2, 0.25) is 15.9 Å². The standard InChI is InChI=1S/C21H23ClN4O3S2/c22-16-5-8-18-19(12-16)30-21(25-18)26-11-1-2-15(13-26)20(27)24-10-9-14-3-6-17(7-4-14)31(23,28)29/h3-8,12,15H,1-2,9-11,13H2,(H,24,27)(H2,23,28,29)/t15-/m1/s1. The molecule has 1 aromatic heterocycles. The Balaban J connectivity index is 1.32. The van der Waals surface area contributed by atoms with E-state index in [1.165, 1.54) is 12.1 Å². The summed E-state index contributed by atoms with van der Waals surface area (Å²) in [5.74, 6) is -0.0517. The van der Waals surface area contributed by atoms with Crippen LogP contribution in [0.2, 0.25) is 5.02 Å². The highest BCUT2D eigenvalue weighted by molar-refractivity contribution is 7.89. The van der Waals surface area contributed by atoms with Gasteiger partial charge in [0, 0.05) is 24.7 Å². The van der Waals surface area contributed by atoms with Gasteiger partial charge in [-0.15, -0.1) is 0 Å². The third-order valence-corrected chi connectivity index (χ3v) is 7.61. The fraction of sp³-hybridized carbons (Fsp3) is 0.333. The van der Waals surface area contributed by atoms with Crippen molar-refractivity contribution >= 4 is 54.2 Å². The Labute approximate surface area is 190 Å². The second-order valence-electron chi connectivity index (χ2n) is 7.62. The summed E-state index contributed by atoms with van der Waals surface area (Å²) in [6.07, 6.45) is 2.40. The number of fused-ring (bicyclic) bond motifs is 1. The number of hydrogen-bond acceptors (Lipinski definition) is 6. The molecule has 164 valence electrons. The predicted molar refractivity (Wildman–Crippen MR) is 124 cm³/mol. The molecule has 3 aromatic rings. The summed E-state index contributed by atoms with van der Waals surface area (Å²) in [6.45, 7) is 2.01. The number of hydrogen-bond donors (Lipinski definition) is 2. The third-order valence-electron chi connectivity index (χ3n) is 5.37. The molecule has 2 heterocycles.